The second-order valence-electron chi connectivity index (χ2n) is 6.10. The molecule has 0 bridgehead atoms. The van der Waals surface area contributed by atoms with E-state index in [0.717, 1.165) is 18.8 Å². The topological polar surface area (TPSA) is 102 Å². The molecule has 0 spiro atoms. The van der Waals surface area contributed by atoms with Crippen molar-refractivity contribution < 1.29 is 19.2 Å². The number of esters is 1. The molecule has 0 unspecified atom stereocenters. The molecule has 28 heavy (non-hydrogen) atoms. The van der Waals surface area contributed by atoms with Gasteiger partial charge < -0.3 is 15.0 Å². The summed E-state index contributed by atoms with van der Waals surface area (Å²) in [5.41, 5.74) is 2.27. The van der Waals surface area contributed by atoms with Crippen LogP contribution in [0.25, 0.3) is 0 Å². The Labute approximate surface area is 163 Å². The Morgan fingerprint density at radius 3 is 2.29 bits per heavy atom. The van der Waals surface area contributed by atoms with Crippen LogP contribution in [0.1, 0.15) is 29.8 Å². The lowest BCUT2D eigenvalue weighted by atomic mass is 10.2. The Bertz CT molecular complexity index is 861. The molecule has 0 saturated carbocycles. The molecule has 2 aromatic rings. The van der Waals surface area contributed by atoms with Gasteiger partial charge in [0.2, 0.25) is 0 Å². The molecule has 0 aromatic heterocycles. The smallest absolute Gasteiger partial charge is 0.338 e. The summed E-state index contributed by atoms with van der Waals surface area (Å²) in [4.78, 5) is 36.5. The van der Waals surface area contributed by atoms with Crippen LogP contribution in [0.2, 0.25) is 0 Å². The Morgan fingerprint density at radius 2 is 1.75 bits per heavy atom. The minimum absolute atomic E-state index is 0.0601. The molecule has 0 radical (unpaired) electrons. The van der Waals surface area contributed by atoms with Crippen molar-refractivity contribution in [3.05, 3.63) is 63.7 Å². The van der Waals surface area contributed by atoms with E-state index in [-0.39, 0.29) is 5.69 Å². The fraction of sp³-hybridized carbons (Fsp3) is 0.300. The minimum Gasteiger partial charge on any atom is -0.452 e. The van der Waals surface area contributed by atoms with E-state index in [2.05, 4.69) is 24.1 Å². The van der Waals surface area contributed by atoms with Crippen LogP contribution < -0.4 is 10.2 Å². The monoisotopic (exact) mass is 385 g/mol. The van der Waals surface area contributed by atoms with Crippen molar-refractivity contribution >= 4 is 28.9 Å². The number of nitro groups is 1. The van der Waals surface area contributed by atoms with Gasteiger partial charge in [-0.1, -0.05) is 0 Å². The van der Waals surface area contributed by atoms with Gasteiger partial charge in [-0.25, -0.2) is 4.79 Å². The SMILES string of the molecule is CCN(CC)c1ccc(C(=O)OCC(=O)Nc2ccc([N+](=O)[O-])cc2C)cc1. The Balaban J connectivity index is 1.92. The zero-order valence-corrected chi connectivity index (χ0v) is 16.1. The third kappa shape index (κ3) is 5.29. The number of hydrogen-bond acceptors (Lipinski definition) is 6. The average molecular weight is 385 g/mol. The molecule has 0 heterocycles. The first-order chi connectivity index (χ1) is 13.3. The van der Waals surface area contributed by atoms with E-state index >= 15 is 0 Å². The number of nitrogens with zero attached hydrogens (tertiary/aromatic N) is 2. The standard InChI is InChI=1S/C20H23N3O5/c1-4-22(5-2)16-8-6-15(7-9-16)20(25)28-13-19(24)21-18-11-10-17(23(26)27)12-14(18)3/h6-12H,4-5,13H2,1-3H3,(H,21,24). The van der Waals surface area contributed by atoms with Gasteiger partial charge in [-0.05, 0) is 56.7 Å². The van der Waals surface area contributed by atoms with E-state index in [1.54, 1.807) is 19.1 Å². The molecule has 0 saturated heterocycles. The predicted octanol–water partition coefficient (Wildman–Crippen LogP) is 3.54. The Hall–Kier alpha value is -3.42. The van der Waals surface area contributed by atoms with Crippen molar-refractivity contribution in [1.82, 2.24) is 0 Å². The molecular weight excluding hydrogens is 362 g/mol. The molecular formula is C20H23N3O5. The highest BCUT2D eigenvalue weighted by molar-refractivity contribution is 5.96. The van der Waals surface area contributed by atoms with Crippen molar-refractivity contribution in [3.63, 3.8) is 0 Å². The molecule has 0 aliphatic carbocycles. The molecule has 0 aliphatic heterocycles. The normalized spacial score (nSPS) is 10.2. The lowest BCUT2D eigenvalue weighted by Gasteiger charge is -2.20. The highest BCUT2D eigenvalue weighted by atomic mass is 16.6. The van der Waals surface area contributed by atoms with Gasteiger partial charge in [-0.2, -0.15) is 0 Å². The van der Waals surface area contributed by atoms with E-state index in [1.165, 1.54) is 18.2 Å². The van der Waals surface area contributed by atoms with E-state index in [9.17, 15) is 19.7 Å². The maximum Gasteiger partial charge on any atom is 0.338 e. The second kappa shape index (κ2) is 9.50. The first-order valence-corrected chi connectivity index (χ1v) is 8.92. The summed E-state index contributed by atoms with van der Waals surface area (Å²) in [6.07, 6.45) is 0. The molecule has 148 valence electrons. The molecule has 0 fully saturated rings. The van der Waals surface area contributed by atoms with Crippen molar-refractivity contribution in [2.24, 2.45) is 0 Å². The first-order valence-electron chi connectivity index (χ1n) is 8.92. The lowest BCUT2D eigenvalue weighted by Crippen LogP contribution is -2.22. The number of benzene rings is 2. The number of aryl methyl sites for hydroxylation is 1. The van der Waals surface area contributed by atoms with Crippen LogP contribution in [0.4, 0.5) is 17.1 Å². The number of rotatable bonds is 8. The summed E-state index contributed by atoms with van der Waals surface area (Å²) in [6, 6.07) is 11.1. The minimum atomic E-state index is -0.596. The first kappa shape index (κ1) is 20.9. The number of carbonyl (C=O) groups is 2. The largest absolute Gasteiger partial charge is 0.452 e. The number of ether oxygens (including phenoxy) is 1. The lowest BCUT2D eigenvalue weighted by molar-refractivity contribution is -0.384. The van der Waals surface area contributed by atoms with Gasteiger partial charge in [-0.3, -0.25) is 14.9 Å². The van der Waals surface area contributed by atoms with Crippen LogP contribution in [-0.4, -0.2) is 36.5 Å². The van der Waals surface area contributed by atoms with Crippen LogP contribution in [-0.2, 0) is 9.53 Å². The predicted molar refractivity (Wildman–Crippen MR) is 107 cm³/mol. The van der Waals surface area contributed by atoms with Gasteiger partial charge >= 0.3 is 5.97 Å². The third-order valence-corrected chi connectivity index (χ3v) is 4.26. The third-order valence-electron chi connectivity index (χ3n) is 4.26. The van der Waals surface area contributed by atoms with Crippen molar-refractivity contribution in [2.45, 2.75) is 20.8 Å². The zero-order chi connectivity index (χ0) is 20.7. The summed E-state index contributed by atoms with van der Waals surface area (Å²) < 4.78 is 5.04. The number of nitrogens with one attached hydrogen (secondary N) is 1. The number of amides is 1. The van der Waals surface area contributed by atoms with Crippen LogP contribution in [0.3, 0.4) is 0 Å². The summed E-state index contributed by atoms with van der Waals surface area (Å²) in [5, 5.41) is 13.3. The van der Waals surface area contributed by atoms with Gasteiger partial charge in [0.1, 0.15) is 0 Å². The molecule has 1 amide bonds. The van der Waals surface area contributed by atoms with Gasteiger partial charge in [0.05, 0.1) is 10.5 Å². The Kier molecular flexibility index (Phi) is 7.08. The van der Waals surface area contributed by atoms with Crippen LogP contribution in [0.15, 0.2) is 42.5 Å². The number of non-ortho nitro benzene ring substituents is 1. The van der Waals surface area contributed by atoms with Gasteiger partial charge in [-0.15, -0.1) is 0 Å². The summed E-state index contributed by atoms with van der Waals surface area (Å²) >= 11 is 0. The second-order valence-corrected chi connectivity index (χ2v) is 6.10. The van der Waals surface area contributed by atoms with Crippen LogP contribution >= 0.6 is 0 Å². The molecule has 0 atom stereocenters. The zero-order valence-electron chi connectivity index (χ0n) is 16.1. The summed E-state index contributed by atoms with van der Waals surface area (Å²) in [7, 11) is 0. The van der Waals surface area contributed by atoms with Crippen LogP contribution in [0.5, 0.6) is 0 Å². The van der Waals surface area contributed by atoms with Gasteiger partial charge in [0.25, 0.3) is 11.6 Å². The molecule has 0 aliphatic rings. The molecule has 8 heteroatoms. The molecule has 2 aromatic carbocycles. The average Bonchev–Trinajstić information content (AvgIpc) is 2.69. The number of anilines is 2. The fourth-order valence-electron chi connectivity index (χ4n) is 2.70. The van der Waals surface area contributed by atoms with Crippen molar-refractivity contribution in [3.8, 4) is 0 Å². The summed E-state index contributed by atoms with van der Waals surface area (Å²) in [6.45, 7) is 7.03. The van der Waals surface area contributed by atoms with Gasteiger partial charge in [0, 0.05) is 36.6 Å². The van der Waals surface area contributed by atoms with E-state index in [1.807, 2.05) is 12.1 Å². The van der Waals surface area contributed by atoms with Crippen molar-refractivity contribution in [1.29, 1.82) is 0 Å². The van der Waals surface area contributed by atoms with E-state index < -0.39 is 23.4 Å². The number of hydrogen-bond donors (Lipinski definition) is 1. The van der Waals surface area contributed by atoms with E-state index in [0.29, 0.717) is 16.8 Å². The van der Waals surface area contributed by atoms with Gasteiger partial charge in [0.15, 0.2) is 6.61 Å². The van der Waals surface area contributed by atoms with E-state index in [4.69, 9.17) is 4.74 Å². The molecule has 8 nitrogen and oxygen atoms in total. The highest BCUT2D eigenvalue weighted by Crippen LogP contribution is 2.21. The molecule has 1 N–H and O–H groups in total. The maximum atomic E-state index is 12.1. The summed E-state index contributed by atoms with van der Waals surface area (Å²) in [5.74, 6) is -1.12. The number of carbonyl (C=O) groups excluding carboxylic acids is 2. The fourth-order valence-corrected chi connectivity index (χ4v) is 2.70. The Morgan fingerprint density at radius 1 is 1.11 bits per heavy atom. The maximum absolute atomic E-state index is 12.1. The van der Waals surface area contributed by atoms with Crippen molar-refractivity contribution in [2.75, 3.05) is 29.9 Å². The highest BCUT2D eigenvalue weighted by Gasteiger charge is 2.13. The number of nitro benzene ring substituents is 1. The van der Waals surface area contributed by atoms with Crippen LogP contribution in [0, 0.1) is 17.0 Å². The quantitative estimate of drug-likeness (QED) is 0.424. The molecule has 2 rings (SSSR count).